The number of hydrogen-bond donors (Lipinski definition) is 3. The highest BCUT2D eigenvalue weighted by atomic mass is 16.3. The Morgan fingerprint density at radius 1 is 1.35 bits per heavy atom. The van der Waals surface area contributed by atoms with Crippen molar-refractivity contribution in [1.82, 2.24) is 0 Å². The molecule has 2 aromatic rings. The quantitative estimate of drug-likeness (QED) is 0.782. The Labute approximate surface area is 118 Å². The van der Waals surface area contributed by atoms with Crippen LogP contribution in [-0.2, 0) is 11.2 Å². The molecule has 20 heavy (non-hydrogen) atoms. The topological polar surface area (TPSA) is 89.3 Å². The van der Waals surface area contributed by atoms with Gasteiger partial charge in [-0.25, -0.2) is 0 Å². The highest BCUT2D eigenvalue weighted by Gasteiger charge is 2.37. The molecule has 0 aliphatic heterocycles. The zero-order valence-electron chi connectivity index (χ0n) is 11.8. The van der Waals surface area contributed by atoms with Gasteiger partial charge in [-0.1, -0.05) is 36.4 Å². The van der Waals surface area contributed by atoms with Crippen LogP contribution in [0.1, 0.15) is 18.1 Å². The van der Waals surface area contributed by atoms with Crippen LogP contribution in [-0.4, -0.2) is 22.7 Å². The second-order valence-corrected chi connectivity index (χ2v) is 5.39. The van der Waals surface area contributed by atoms with Gasteiger partial charge in [0.15, 0.2) is 0 Å². The lowest BCUT2D eigenvalue weighted by atomic mass is 9.85. The van der Waals surface area contributed by atoms with Gasteiger partial charge in [-0.2, -0.15) is 0 Å². The molecule has 0 spiro atoms. The first-order chi connectivity index (χ1) is 9.34. The van der Waals surface area contributed by atoms with Crippen LogP contribution >= 0.6 is 0 Å². The summed E-state index contributed by atoms with van der Waals surface area (Å²) in [6.07, 6.45) is -0.794. The molecule has 5 N–H and O–H groups in total. The summed E-state index contributed by atoms with van der Waals surface area (Å²) in [5.74, 6) is -0.696. The SMILES string of the molecule is Cc1cc(C[C@@](N)(C(N)=O)[C@@H](C)O)cc2ccccc12. The smallest absolute Gasteiger partial charge is 0.240 e. The lowest BCUT2D eigenvalue weighted by Crippen LogP contribution is -2.60. The Kier molecular flexibility index (Phi) is 3.79. The molecule has 0 aliphatic carbocycles. The van der Waals surface area contributed by atoms with E-state index in [1.54, 1.807) is 0 Å². The molecule has 0 heterocycles. The van der Waals surface area contributed by atoms with Crippen LogP contribution in [0.3, 0.4) is 0 Å². The van der Waals surface area contributed by atoms with Crippen molar-refractivity contribution in [3.63, 3.8) is 0 Å². The summed E-state index contributed by atoms with van der Waals surface area (Å²) in [7, 11) is 0. The summed E-state index contributed by atoms with van der Waals surface area (Å²) >= 11 is 0. The van der Waals surface area contributed by atoms with Crippen molar-refractivity contribution in [2.45, 2.75) is 31.9 Å². The first-order valence-corrected chi connectivity index (χ1v) is 6.59. The summed E-state index contributed by atoms with van der Waals surface area (Å²) in [6.45, 7) is 3.50. The van der Waals surface area contributed by atoms with Crippen molar-refractivity contribution in [2.24, 2.45) is 11.5 Å². The van der Waals surface area contributed by atoms with Crippen LogP contribution in [0.25, 0.3) is 10.8 Å². The number of carbonyl (C=O) groups is 1. The molecule has 0 aromatic heterocycles. The van der Waals surface area contributed by atoms with Crippen molar-refractivity contribution in [1.29, 1.82) is 0 Å². The minimum atomic E-state index is -1.45. The maximum absolute atomic E-state index is 11.6. The van der Waals surface area contributed by atoms with Gasteiger partial charge >= 0.3 is 0 Å². The molecule has 0 unspecified atom stereocenters. The molecule has 1 amide bonds. The fourth-order valence-electron chi connectivity index (χ4n) is 2.46. The van der Waals surface area contributed by atoms with Gasteiger partial charge in [0.05, 0.1) is 6.10 Å². The van der Waals surface area contributed by atoms with Crippen LogP contribution in [0, 0.1) is 6.92 Å². The molecule has 0 saturated heterocycles. The number of hydrogen-bond acceptors (Lipinski definition) is 3. The van der Waals surface area contributed by atoms with Crippen molar-refractivity contribution in [2.75, 3.05) is 0 Å². The van der Waals surface area contributed by atoms with Crippen molar-refractivity contribution in [3.8, 4) is 0 Å². The summed E-state index contributed by atoms with van der Waals surface area (Å²) in [4.78, 5) is 11.6. The monoisotopic (exact) mass is 272 g/mol. The van der Waals surface area contributed by atoms with Gasteiger partial charge in [0.2, 0.25) is 5.91 Å². The maximum atomic E-state index is 11.6. The van der Waals surface area contributed by atoms with E-state index in [0.717, 1.165) is 21.9 Å². The van der Waals surface area contributed by atoms with Crippen molar-refractivity contribution < 1.29 is 9.90 Å². The minimum absolute atomic E-state index is 0.214. The van der Waals surface area contributed by atoms with Gasteiger partial charge < -0.3 is 16.6 Å². The zero-order chi connectivity index (χ0) is 14.9. The first kappa shape index (κ1) is 14.5. The second kappa shape index (κ2) is 5.23. The minimum Gasteiger partial charge on any atom is -0.391 e. The second-order valence-electron chi connectivity index (χ2n) is 5.39. The normalized spacial score (nSPS) is 15.8. The van der Waals surface area contributed by atoms with E-state index in [0.29, 0.717) is 0 Å². The largest absolute Gasteiger partial charge is 0.391 e. The van der Waals surface area contributed by atoms with Crippen LogP contribution in [0.15, 0.2) is 36.4 Å². The highest BCUT2D eigenvalue weighted by Crippen LogP contribution is 2.23. The number of rotatable bonds is 4. The Hall–Kier alpha value is -1.91. The summed E-state index contributed by atoms with van der Waals surface area (Å²) in [5, 5.41) is 12.0. The summed E-state index contributed by atoms with van der Waals surface area (Å²) in [6, 6.07) is 12.0. The van der Waals surface area contributed by atoms with E-state index in [1.165, 1.54) is 6.92 Å². The Morgan fingerprint density at radius 2 is 2.00 bits per heavy atom. The number of primary amides is 1. The third kappa shape index (κ3) is 2.53. The Bertz CT molecular complexity index is 652. The number of carbonyl (C=O) groups excluding carboxylic acids is 1. The third-order valence-electron chi connectivity index (χ3n) is 3.83. The van der Waals surface area contributed by atoms with Crippen LogP contribution < -0.4 is 11.5 Å². The van der Waals surface area contributed by atoms with Gasteiger partial charge in [0, 0.05) is 6.42 Å². The Morgan fingerprint density at radius 3 is 2.60 bits per heavy atom. The third-order valence-corrected chi connectivity index (χ3v) is 3.83. The molecule has 0 bridgehead atoms. The molecule has 106 valence electrons. The number of amides is 1. The predicted molar refractivity (Wildman–Crippen MR) is 80.2 cm³/mol. The number of aryl methyl sites for hydroxylation is 1. The summed E-state index contributed by atoms with van der Waals surface area (Å²) < 4.78 is 0. The highest BCUT2D eigenvalue weighted by molar-refractivity contribution is 5.88. The van der Waals surface area contributed by atoms with E-state index >= 15 is 0 Å². The molecule has 0 fully saturated rings. The molecule has 4 nitrogen and oxygen atoms in total. The lowest BCUT2D eigenvalue weighted by Gasteiger charge is -2.29. The average molecular weight is 272 g/mol. The molecule has 0 saturated carbocycles. The molecular formula is C16H20N2O2. The zero-order valence-corrected chi connectivity index (χ0v) is 11.8. The number of nitrogens with two attached hydrogens (primary N) is 2. The number of benzene rings is 2. The standard InChI is InChI=1S/C16H20N2O2/c1-10-7-12(8-13-5-3-4-6-14(10)13)9-16(18,11(2)19)15(17)20/h3-8,11,19H,9,18H2,1-2H3,(H2,17,20)/t11-,16+/m1/s1. The van der Waals surface area contributed by atoms with Crippen LogP contribution in [0.4, 0.5) is 0 Å². The molecule has 4 heteroatoms. The van der Waals surface area contributed by atoms with Crippen LogP contribution in [0.2, 0.25) is 0 Å². The molecule has 0 radical (unpaired) electrons. The molecule has 2 rings (SSSR count). The maximum Gasteiger partial charge on any atom is 0.240 e. The number of aliphatic hydroxyl groups excluding tert-OH is 1. The number of aliphatic hydroxyl groups is 1. The Balaban J connectivity index is 2.46. The van der Waals surface area contributed by atoms with Gasteiger partial charge in [-0.3, -0.25) is 4.79 Å². The fourth-order valence-corrected chi connectivity index (χ4v) is 2.46. The van der Waals surface area contributed by atoms with Crippen molar-refractivity contribution in [3.05, 3.63) is 47.5 Å². The van der Waals surface area contributed by atoms with Gasteiger partial charge in [-0.05, 0) is 35.7 Å². The number of fused-ring (bicyclic) bond motifs is 1. The van der Waals surface area contributed by atoms with E-state index in [9.17, 15) is 9.90 Å². The first-order valence-electron chi connectivity index (χ1n) is 6.59. The van der Waals surface area contributed by atoms with Crippen LogP contribution in [0.5, 0.6) is 0 Å². The average Bonchev–Trinajstić information content (AvgIpc) is 2.38. The van der Waals surface area contributed by atoms with E-state index in [2.05, 4.69) is 0 Å². The molecular weight excluding hydrogens is 252 g/mol. The van der Waals surface area contributed by atoms with E-state index in [1.807, 2.05) is 43.3 Å². The summed E-state index contributed by atoms with van der Waals surface area (Å²) in [5.41, 5.74) is 11.9. The van der Waals surface area contributed by atoms with E-state index in [-0.39, 0.29) is 6.42 Å². The van der Waals surface area contributed by atoms with Gasteiger partial charge in [0.1, 0.15) is 5.54 Å². The molecule has 2 aromatic carbocycles. The van der Waals surface area contributed by atoms with Crippen molar-refractivity contribution >= 4 is 16.7 Å². The van der Waals surface area contributed by atoms with E-state index < -0.39 is 17.6 Å². The van der Waals surface area contributed by atoms with E-state index in [4.69, 9.17) is 11.5 Å². The van der Waals surface area contributed by atoms with Gasteiger partial charge in [0.25, 0.3) is 0 Å². The lowest BCUT2D eigenvalue weighted by molar-refractivity contribution is -0.126. The predicted octanol–water partition coefficient (Wildman–Crippen LogP) is 1.25. The van der Waals surface area contributed by atoms with Gasteiger partial charge in [-0.15, -0.1) is 0 Å². The molecule has 0 aliphatic rings. The fraction of sp³-hybridized carbons (Fsp3) is 0.312. The molecule has 2 atom stereocenters.